The van der Waals surface area contributed by atoms with E-state index in [0.29, 0.717) is 5.56 Å². The topological polar surface area (TPSA) is 26.0 Å². The summed E-state index contributed by atoms with van der Waals surface area (Å²) >= 11 is 0. The second kappa shape index (κ2) is 5.08. The molecular formula is C13H18FN. The van der Waals surface area contributed by atoms with Crippen molar-refractivity contribution < 1.29 is 4.39 Å². The van der Waals surface area contributed by atoms with Crippen LogP contribution in [0.4, 0.5) is 4.39 Å². The predicted octanol–water partition coefficient (Wildman–Crippen LogP) is 3.49. The van der Waals surface area contributed by atoms with Crippen molar-refractivity contribution in [3.63, 3.8) is 0 Å². The van der Waals surface area contributed by atoms with Crippen LogP contribution in [0.1, 0.15) is 36.9 Å². The Morgan fingerprint density at radius 3 is 2.73 bits per heavy atom. The molecule has 0 aliphatic rings. The highest BCUT2D eigenvalue weighted by atomic mass is 19.1. The molecule has 0 fully saturated rings. The van der Waals surface area contributed by atoms with E-state index in [2.05, 4.69) is 13.5 Å². The Kier molecular flexibility index (Phi) is 4.04. The minimum absolute atomic E-state index is 0.0725. The molecule has 0 amide bonds. The number of aryl methyl sites for hydroxylation is 1. The van der Waals surface area contributed by atoms with E-state index in [1.54, 1.807) is 13.0 Å². The summed E-state index contributed by atoms with van der Waals surface area (Å²) in [6, 6.07) is 4.95. The molecule has 0 aliphatic heterocycles. The van der Waals surface area contributed by atoms with Gasteiger partial charge in [0.2, 0.25) is 0 Å². The maximum Gasteiger partial charge on any atom is 0.126 e. The fraction of sp³-hybridized carbons (Fsp3) is 0.385. The fourth-order valence-corrected chi connectivity index (χ4v) is 1.47. The van der Waals surface area contributed by atoms with Gasteiger partial charge in [0.15, 0.2) is 0 Å². The van der Waals surface area contributed by atoms with Crippen LogP contribution in [0.15, 0.2) is 30.4 Å². The molecule has 0 bridgehead atoms. The highest BCUT2D eigenvalue weighted by molar-refractivity contribution is 5.27. The molecule has 0 aliphatic carbocycles. The third-order valence-electron chi connectivity index (χ3n) is 2.62. The van der Waals surface area contributed by atoms with Crippen molar-refractivity contribution in [2.45, 2.75) is 32.7 Å². The van der Waals surface area contributed by atoms with Crippen molar-refractivity contribution in [1.82, 2.24) is 0 Å². The Morgan fingerprint density at radius 1 is 1.53 bits per heavy atom. The standard InChI is InChI=1S/C13H18FN/c1-4-9(2)7-13(15)11-5-6-12(14)10(3)8-11/h5-6,8,13H,2,4,7,15H2,1,3H3. The Morgan fingerprint density at radius 2 is 2.20 bits per heavy atom. The summed E-state index contributed by atoms with van der Waals surface area (Å²) < 4.78 is 13.0. The van der Waals surface area contributed by atoms with E-state index in [1.807, 2.05) is 6.07 Å². The predicted molar refractivity (Wildman–Crippen MR) is 62.1 cm³/mol. The first-order chi connectivity index (χ1) is 7.04. The van der Waals surface area contributed by atoms with Gasteiger partial charge in [-0.15, -0.1) is 0 Å². The molecule has 1 aromatic carbocycles. The van der Waals surface area contributed by atoms with E-state index >= 15 is 0 Å². The van der Waals surface area contributed by atoms with Crippen molar-refractivity contribution in [2.75, 3.05) is 0 Å². The van der Waals surface area contributed by atoms with Crippen molar-refractivity contribution in [3.8, 4) is 0 Å². The summed E-state index contributed by atoms with van der Waals surface area (Å²) in [4.78, 5) is 0. The van der Waals surface area contributed by atoms with Gasteiger partial charge in [-0.1, -0.05) is 31.2 Å². The number of halogens is 1. The minimum atomic E-state index is -0.180. The summed E-state index contributed by atoms with van der Waals surface area (Å²) in [5.41, 5.74) is 8.76. The number of nitrogens with two attached hydrogens (primary N) is 1. The van der Waals surface area contributed by atoms with Crippen molar-refractivity contribution in [2.24, 2.45) is 5.73 Å². The molecule has 2 N–H and O–H groups in total. The summed E-state index contributed by atoms with van der Waals surface area (Å²) in [6.45, 7) is 7.74. The maximum atomic E-state index is 13.0. The van der Waals surface area contributed by atoms with Gasteiger partial charge in [-0.25, -0.2) is 4.39 Å². The molecule has 0 saturated heterocycles. The van der Waals surface area contributed by atoms with Gasteiger partial charge in [0.25, 0.3) is 0 Å². The lowest BCUT2D eigenvalue weighted by molar-refractivity contribution is 0.614. The molecule has 15 heavy (non-hydrogen) atoms. The molecule has 2 heteroatoms. The van der Waals surface area contributed by atoms with Gasteiger partial charge < -0.3 is 5.73 Å². The summed E-state index contributed by atoms with van der Waals surface area (Å²) in [7, 11) is 0. The molecular weight excluding hydrogens is 189 g/mol. The third kappa shape index (κ3) is 3.17. The van der Waals surface area contributed by atoms with Crippen LogP contribution in [0.2, 0.25) is 0 Å². The Hall–Kier alpha value is -1.15. The minimum Gasteiger partial charge on any atom is -0.324 e. The first kappa shape index (κ1) is 11.9. The number of benzene rings is 1. The molecule has 0 aromatic heterocycles. The zero-order valence-electron chi connectivity index (χ0n) is 9.39. The molecule has 1 rings (SSSR count). The Labute approximate surface area is 90.8 Å². The van der Waals surface area contributed by atoms with Crippen LogP contribution in [0.5, 0.6) is 0 Å². The van der Waals surface area contributed by atoms with E-state index in [9.17, 15) is 4.39 Å². The molecule has 0 saturated carbocycles. The summed E-state index contributed by atoms with van der Waals surface area (Å²) in [5, 5.41) is 0. The SMILES string of the molecule is C=C(CC)CC(N)c1ccc(F)c(C)c1. The lowest BCUT2D eigenvalue weighted by Gasteiger charge is -2.13. The first-order valence-electron chi connectivity index (χ1n) is 5.23. The van der Waals surface area contributed by atoms with E-state index < -0.39 is 0 Å². The van der Waals surface area contributed by atoms with Crippen LogP contribution < -0.4 is 5.73 Å². The Balaban J connectivity index is 2.78. The lowest BCUT2D eigenvalue weighted by atomic mass is 9.98. The van der Waals surface area contributed by atoms with Gasteiger partial charge >= 0.3 is 0 Å². The molecule has 0 spiro atoms. The van der Waals surface area contributed by atoms with Crippen LogP contribution in [-0.4, -0.2) is 0 Å². The van der Waals surface area contributed by atoms with Crippen LogP contribution in [0.3, 0.4) is 0 Å². The number of hydrogen-bond acceptors (Lipinski definition) is 1. The Bertz CT molecular complexity index is 358. The summed E-state index contributed by atoms with van der Waals surface area (Å²) in [6.07, 6.45) is 1.70. The van der Waals surface area contributed by atoms with Gasteiger partial charge in [0.05, 0.1) is 0 Å². The van der Waals surface area contributed by atoms with E-state index in [-0.39, 0.29) is 11.9 Å². The average molecular weight is 207 g/mol. The summed E-state index contributed by atoms with van der Waals surface area (Å²) in [5.74, 6) is -0.180. The third-order valence-corrected chi connectivity index (χ3v) is 2.62. The second-order valence-electron chi connectivity index (χ2n) is 3.92. The zero-order chi connectivity index (χ0) is 11.4. The largest absolute Gasteiger partial charge is 0.324 e. The van der Waals surface area contributed by atoms with Crippen LogP contribution >= 0.6 is 0 Å². The monoisotopic (exact) mass is 207 g/mol. The van der Waals surface area contributed by atoms with Crippen molar-refractivity contribution in [1.29, 1.82) is 0 Å². The van der Waals surface area contributed by atoms with E-state index in [0.717, 1.165) is 24.0 Å². The van der Waals surface area contributed by atoms with Gasteiger partial charge in [-0.3, -0.25) is 0 Å². The second-order valence-corrected chi connectivity index (χ2v) is 3.92. The molecule has 0 heterocycles. The highest BCUT2D eigenvalue weighted by Crippen LogP contribution is 2.21. The molecule has 1 unspecified atom stereocenters. The first-order valence-corrected chi connectivity index (χ1v) is 5.23. The van der Waals surface area contributed by atoms with Crippen molar-refractivity contribution >= 4 is 0 Å². The molecule has 0 radical (unpaired) electrons. The van der Waals surface area contributed by atoms with Gasteiger partial charge in [-0.05, 0) is 37.0 Å². The van der Waals surface area contributed by atoms with E-state index in [1.165, 1.54) is 6.07 Å². The lowest BCUT2D eigenvalue weighted by Crippen LogP contribution is -2.11. The molecule has 82 valence electrons. The smallest absolute Gasteiger partial charge is 0.126 e. The van der Waals surface area contributed by atoms with Crippen LogP contribution in [0.25, 0.3) is 0 Å². The van der Waals surface area contributed by atoms with Crippen LogP contribution in [0, 0.1) is 12.7 Å². The fourth-order valence-electron chi connectivity index (χ4n) is 1.47. The van der Waals surface area contributed by atoms with Gasteiger partial charge in [0, 0.05) is 6.04 Å². The molecule has 1 aromatic rings. The number of hydrogen-bond donors (Lipinski definition) is 1. The highest BCUT2D eigenvalue weighted by Gasteiger charge is 2.08. The van der Waals surface area contributed by atoms with E-state index in [4.69, 9.17) is 5.73 Å². The van der Waals surface area contributed by atoms with Crippen molar-refractivity contribution in [3.05, 3.63) is 47.3 Å². The quantitative estimate of drug-likeness (QED) is 0.751. The van der Waals surface area contributed by atoms with Crippen LogP contribution in [-0.2, 0) is 0 Å². The van der Waals surface area contributed by atoms with Gasteiger partial charge in [0.1, 0.15) is 5.82 Å². The zero-order valence-corrected chi connectivity index (χ0v) is 9.39. The number of rotatable bonds is 4. The van der Waals surface area contributed by atoms with Gasteiger partial charge in [-0.2, -0.15) is 0 Å². The maximum absolute atomic E-state index is 13.0. The molecule has 1 nitrogen and oxygen atoms in total. The molecule has 1 atom stereocenters. The normalized spacial score (nSPS) is 12.5. The average Bonchev–Trinajstić information content (AvgIpc) is 2.21.